The van der Waals surface area contributed by atoms with Gasteiger partial charge in [0, 0.05) is 0 Å². The van der Waals surface area contributed by atoms with Crippen LogP contribution in [0, 0.1) is 22.7 Å². The molecule has 2 atom stereocenters. The molecular formula is C23H26N3O4P. The van der Waals surface area contributed by atoms with Gasteiger partial charge in [0.25, 0.3) is 0 Å². The predicted molar refractivity (Wildman–Crippen MR) is 116 cm³/mol. The summed E-state index contributed by atoms with van der Waals surface area (Å²) in [6, 6.07) is 22.6. The first kappa shape index (κ1) is 21.9. The van der Waals surface area contributed by atoms with Gasteiger partial charge in [0.2, 0.25) is 0 Å². The van der Waals surface area contributed by atoms with E-state index >= 15 is 0 Å². The second-order valence-corrected chi connectivity index (χ2v) is 10.4. The van der Waals surface area contributed by atoms with Crippen molar-refractivity contribution in [3.8, 4) is 12.1 Å². The molecule has 2 aromatic carbocycles. The maximum absolute atomic E-state index is 10.6. The van der Waals surface area contributed by atoms with Crippen LogP contribution in [0.25, 0.3) is 0 Å². The van der Waals surface area contributed by atoms with Gasteiger partial charge in [-0.3, -0.25) is 0 Å². The van der Waals surface area contributed by atoms with Gasteiger partial charge in [-0.05, 0) is 0 Å². The Bertz CT molecular complexity index is 943. The van der Waals surface area contributed by atoms with E-state index in [4.69, 9.17) is 18.1 Å². The molecule has 0 radical (unpaired) electrons. The molecule has 8 heteroatoms. The molecule has 2 aliphatic heterocycles. The predicted octanol–water partition coefficient (Wildman–Crippen LogP) is 4.78. The van der Waals surface area contributed by atoms with Crippen LogP contribution in [0.1, 0.15) is 31.4 Å². The molecule has 1 spiro atoms. The number of nitrogens with zero attached hydrogens (tertiary/aromatic N) is 3. The van der Waals surface area contributed by atoms with Gasteiger partial charge in [-0.15, -0.1) is 0 Å². The van der Waals surface area contributed by atoms with Crippen molar-refractivity contribution in [1.29, 1.82) is 10.5 Å². The van der Waals surface area contributed by atoms with Crippen molar-refractivity contribution >= 4 is 7.66 Å². The van der Waals surface area contributed by atoms with E-state index in [0.29, 0.717) is 43.9 Å². The van der Waals surface area contributed by atoms with Crippen LogP contribution < -0.4 is 0 Å². The molecule has 0 bridgehead atoms. The van der Waals surface area contributed by atoms with Gasteiger partial charge >= 0.3 is 183 Å². The van der Waals surface area contributed by atoms with Crippen molar-refractivity contribution in [3.05, 3.63) is 71.8 Å². The Morgan fingerprint density at radius 3 is 1.58 bits per heavy atom. The van der Waals surface area contributed by atoms with Crippen LogP contribution in [0.15, 0.2) is 60.7 Å². The summed E-state index contributed by atoms with van der Waals surface area (Å²) in [5.41, 5.74) is -2.59. The van der Waals surface area contributed by atoms with Gasteiger partial charge in [-0.25, -0.2) is 0 Å². The zero-order valence-corrected chi connectivity index (χ0v) is 18.6. The molecule has 0 aliphatic carbocycles. The van der Waals surface area contributed by atoms with Crippen LogP contribution >= 0.6 is 7.66 Å². The van der Waals surface area contributed by atoms with Crippen LogP contribution in [-0.2, 0) is 29.3 Å². The van der Waals surface area contributed by atoms with E-state index in [-0.39, 0.29) is 0 Å². The Morgan fingerprint density at radius 1 is 0.806 bits per heavy atom. The standard InChI is InChI=1S/C23H26N3O4P/c1-3-26(4-2)31(27-16-11-17-28-31)29-22(18-24,20-12-7-5-8-13-20)23(19-25,30-31)21-14-9-6-10-15-21/h5-10,12-15H,3-4,11,16-17H2,1-2H3. The van der Waals surface area contributed by atoms with Crippen molar-refractivity contribution in [2.45, 2.75) is 31.5 Å². The third kappa shape index (κ3) is 2.94. The molecule has 0 N–H and O–H groups in total. The SMILES string of the molecule is CCN(CC)P12(OCCCO1)OC(C#N)(c1ccccc1)C(C#N)(c1ccccc1)O2. The Morgan fingerprint density at radius 2 is 1.23 bits per heavy atom. The van der Waals surface area contributed by atoms with Crippen molar-refractivity contribution in [1.82, 2.24) is 4.67 Å². The summed E-state index contributed by atoms with van der Waals surface area (Å²) < 4.78 is 27.9. The van der Waals surface area contributed by atoms with Gasteiger partial charge in [-0.1, -0.05) is 0 Å². The molecule has 0 amide bonds. The number of hydrogen-bond acceptors (Lipinski definition) is 7. The van der Waals surface area contributed by atoms with E-state index in [1.54, 1.807) is 24.3 Å². The molecule has 0 aromatic heterocycles. The molecule has 2 saturated heterocycles. The molecule has 162 valence electrons. The summed E-state index contributed by atoms with van der Waals surface area (Å²) in [6.45, 7) is 5.60. The first-order valence-corrected chi connectivity index (χ1v) is 12.3. The Hall–Kier alpha value is -2.35. The zero-order valence-electron chi connectivity index (χ0n) is 17.7. The van der Waals surface area contributed by atoms with E-state index in [1.807, 2.05) is 54.9 Å². The summed E-state index contributed by atoms with van der Waals surface area (Å²) in [4.78, 5) is 0. The van der Waals surface area contributed by atoms with Crippen molar-refractivity contribution < 1.29 is 18.1 Å². The van der Waals surface area contributed by atoms with Crippen LogP contribution in [0.3, 0.4) is 0 Å². The number of nitriles is 2. The summed E-state index contributed by atoms with van der Waals surface area (Å²) >= 11 is 0. The second kappa shape index (κ2) is 7.97. The average Bonchev–Trinajstić information content (AvgIpc) is 3.10. The number of rotatable bonds is 5. The van der Waals surface area contributed by atoms with Crippen LogP contribution in [-0.4, -0.2) is 31.0 Å². The third-order valence-electron chi connectivity index (χ3n) is 5.85. The van der Waals surface area contributed by atoms with E-state index in [2.05, 4.69) is 12.1 Å². The van der Waals surface area contributed by atoms with Crippen molar-refractivity contribution in [2.24, 2.45) is 0 Å². The minimum atomic E-state index is -4.50. The molecular weight excluding hydrogens is 413 g/mol. The van der Waals surface area contributed by atoms with Gasteiger partial charge < -0.3 is 0 Å². The monoisotopic (exact) mass is 439 g/mol. The van der Waals surface area contributed by atoms with E-state index < -0.39 is 18.9 Å². The summed E-state index contributed by atoms with van der Waals surface area (Å²) in [5, 5.41) is 21.3. The second-order valence-electron chi connectivity index (χ2n) is 7.43. The van der Waals surface area contributed by atoms with E-state index in [1.165, 1.54) is 0 Å². The summed E-state index contributed by atoms with van der Waals surface area (Å²) in [5.74, 6) is 0. The van der Waals surface area contributed by atoms with Crippen LogP contribution in [0.4, 0.5) is 0 Å². The molecule has 4 rings (SSSR count). The molecule has 2 aromatic rings. The van der Waals surface area contributed by atoms with Crippen molar-refractivity contribution in [3.63, 3.8) is 0 Å². The molecule has 2 heterocycles. The van der Waals surface area contributed by atoms with E-state index in [9.17, 15) is 10.5 Å². The van der Waals surface area contributed by atoms with Crippen LogP contribution in [0.5, 0.6) is 0 Å². The van der Waals surface area contributed by atoms with Crippen molar-refractivity contribution in [2.75, 3.05) is 26.3 Å². The normalized spacial score (nSPS) is 30.2. The maximum atomic E-state index is 10.6. The molecule has 0 saturated carbocycles. The molecule has 2 aliphatic rings. The van der Waals surface area contributed by atoms with Crippen LogP contribution in [0.2, 0.25) is 0 Å². The molecule has 7 nitrogen and oxygen atoms in total. The molecule has 2 unspecified atom stereocenters. The Kier molecular flexibility index (Phi) is 5.62. The Labute approximate surface area is 183 Å². The summed E-state index contributed by atoms with van der Waals surface area (Å²) in [6.07, 6.45) is 0.668. The summed E-state index contributed by atoms with van der Waals surface area (Å²) in [7, 11) is -4.50. The number of hydrogen-bond donors (Lipinski definition) is 0. The average molecular weight is 439 g/mol. The first-order valence-electron chi connectivity index (χ1n) is 10.5. The topological polar surface area (TPSA) is 87.7 Å². The fourth-order valence-electron chi connectivity index (χ4n) is 4.39. The fraction of sp³-hybridized carbons (Fsp3) is 0.391. The van der Waals surface area contributed by atoms with Gasteiger partial charge in [0.15, 0.2) is 0 Å². The van der Waals surface area contributed by atoms with Gasteiger partial charge in [-0.2, -0.15) is 0 Å². The minimum absolute atomic E-state index is 0.348. The van der Waals surface area contributed by atoms with Gasteiger partial charge in [0.05, 0.1) is 0 Å². The third-order valence-corrected chi connectivity index (χ3v) is 9.72. The quantitative estimate of drug-likeness (QED) is 0.620. The molecule has 2 fully saturated rings. The number of benzene rings is 2. The van der Waals surface area contributed by atoms with E-state index in [0.717, 1.165) is 0 Å². The fourth-order valence-corrected chi connectivity index (χ4v) is 8.53. The first-order chi connectivity index (χ1) is 15.0. The zero-order chi connectivity index (χ0) is 22.0. The Balaban J connectivity index is 2.07. The molecule has 31 heavy (non-hydrogen) atoms. The van der Waals surface area contributed by atoms with Gasteiger partial charge in [0.1, 0.15) is 0 Å².